The second-order valence-electron chi connectivity index (χ2n) is 4.55. The van der Waals surface area contributed by atoms with Crippen molar-refractivity contribution in [2.45, 2.75) is 38.3 Å². The van der Waals surface area contributed by atoms with Gasteiger partial charge in [-0.3, -0.25) is 0 Å². The molecule has 0 aliphatic carbocycles. The molecule has 1 aliphatic rings. The molecule has 1 aliphatic heterocycles. The summed E-state index contributed by atoms with van der Waals surface area (Å²) in [5.74, 6) is -0.175. The first-order valence-electron chi connectivity index (χ1n) is 6.39. The summed E-state index contributed by atoms with van der Waals surface area (Å²) < 4.78 is 18.6. The molecule has 0 spiro atoms. The van der Waals surface area contributed by atoms with Gasteiger partial charge in [-0.25, -0.2) is 4.39 Å². The van der Waals surface area contributed by atoms with E-state index in [1.807, 2.05) is 12.1 Å². The van der Waals surface area contributed by atoms with Crippen LogP contribution >= 0.6 is 0 Å². The summed E-state index contributed by atoms with van der Waals surface area (Å²) in [4.78, 5) is 0. The van der Waals surface area contributed by atoms with Crippen molar-refractivity contribution >= 4 is 0 Å². The molecule has 2 atom stereocenters. The average molecular weight is 237 g/mol. The molecule has 17 heavy (non-hydrogen) atoms. The minimum atomic E-state index is -0.175. The van der Waals surface area contributed by atoms with Gasteiger partial charge in [0.2, 0.25) is 0 Å². The Morgan fingerprint density at radius 1 is 1.41 bits per heavy atom. The van der Waals surface area contributed by atoms with Gasteiger partial charge < -0.3 is 10.1 Å². The van der Waals surface area contributed by atoms with Crippen molar-refractivity contribution in [3.63, 3.8) is 0 Å². The first-order chi connectivity index (χ1) is 8.29. The van der Waals surface area contributed by atoms with Gasteiger partial charge in [0.25, 0.3) is 0 Å². The van der Waals surface area contributed by atoms with Gasteiger partial charge in [0, 0.05) is 12.6 Å². The topological polar surface area (TPSA) is 21.3 Å². The van der Waals surface area contributed by atoms with Crippen molar-refractivity contribution < 1.29 is 9.13 Å². The summed E-state index contributed by atoms with van der Waals surface area (Å²) in [6.45, 7) is 3.91. The van der Waals surface area contributed by atoms with E-state index in [2.05, 4.69) is 12.2 Å². The van der Waals surface area contributed by atoms with Gasteiger partial charge >= 0.3 is 0 Å². The molecule has 0 aromatic heterocycles. The van der Waals surface area contributed by atoms with E-state index in [0.29, 0.717) is 12.1 Å². The molecule has 1 fully saturated rings. The standard InChI is InChI=1S/C14H20FNO/c1-2-16-13(14-4-3-9-17-14)10-11-5-7-12(15)8-6-11/h5-8,13-14,16H,2-4,9-10H2,1H3. The summed E-state index contributed by atoms with van der Waals surface area (Å²) in [6.07, 6.45) is 3.48. The normalized spacial score (nSPS) is 21.6. The molecule has 1 heterocycles. The number of likely N-dealkylation sites (N-methyl/N-ethyl adjacent to an activating group) is 1. The number of rotatable bonds is 5. The van der Waals surface area contributed by atoms with Gasteiger partial charge in [0.05, 0.1) is 6.10 Å². The monoisotopic (exact) mass is 237 g/mol. The summed E-state index contributed by atoms with van der Waals surface area (Å²) >= 11 is 0. The van der Waals surface area contributed by atoms with Crippen LogP contribution in [0.25, 0.3) is 0 Å². The predicted molar refractivity (Wildman–Crippen MR) is 66.5 cm³/mol. The van der Waals surface area contributed by atoms with Crippen molar-refractivity contribution in [1.82, 2.24) is 5.32 Å². The van der Waals surface area contributed by atoms with Gasteiger partial charge in [-0.05, 0) is 43.5 Å². The highest BCUT2D eigenvalue weighted by atomic mass is 19.1. The van der Waals surface area contributed by atoms with E-state index >= 15 is 0 Å². The molecule has 1 aromatic carbocycles. The molecule has 1 N–H and O–H groups in total. The van der Waals surface area contributed by atoms with E-state index in [1.54, 1.807) is 0 Å². The van der Waals surface area contributed by atoms with Crippen LogP contribution in [0.5, 0.6) is 0 Å². The van der Waals surface area contributed by atoms with E-state index in [0.717, 1.165) is 38.0 Å². The summed E-state index contributed by atoms with van der Waals surface area (Å²) in [5, 5.41) is 3.47. The number of nitrogens with one attached hydrogen (secondary N) is 1. The maximum Gasteiger partial charge on any atom is 0.123 e. The fourth-order valence-corrected chi connectivity index (χ4v) is 2.39. The molecule has 94 valence electrons. The smallest absolute Gasteiger partial charge is 0.123 e. The Morgan fingerprint density at radius 2 is 2.18 bits per heavy atom. The Kier molecular flexibility index (Phi) is 4.51. The van der Waals surface area contributed by atoms with Gasteiger partial charge in [-0.1, -0.05) is 19.1 Å². The Labute approximate surface area is 102 Å². The van der Waals surface area contributed by atoms with E-state index in [9.17, 15) is 4.39 Å². The van der Waals surface area contributed by atoms with Crippen molar-refractivity contribution in [2.24, 2.45) is 0 Å². The molecular formula is C14H20FNO. The van der Waals surface area contributed by atoms with Gasteiger partial charge in [-0.15, -0.1) is 0 Å². The average Bonchev–Trinajstić information content (AvgIpc) is 2.85. The van der Waals surface area contributed by atoms with E-state index in [1.165, 1.54) is 12.1 Å². The number of hydrogen-bond donors (Lipinski definition) is 1. The second kappa shape index (κ2) is 6.12. The molecule has 0 saturated carbocycles. The first-order valence-corrected chi connectivity index (χ1v) is 6.39. The number of halogens is 1. The van der Waals surface area contributed by atoms with Crippen LogP contribution in [0.4, 0.5) is 4.39 Å². The van der Waals surface area contributed by atoms with Crippen molar-refractivity contribution in [3.05, 3.63) is 35.6 Å². The Morgan fingerprint density at radius 3 is 2.76 bits per heavy atom. The highest BCUT2D eigenvalue weighted by Gasteiger charge is 2.25. The number of ether oxygens (including phenoxy) is 1. The Hall–Kier alpha value is -0.930. The van der Waals surface area contributed by atoms with Gasteiger partial charge in [0.15, 0.2) is 0 Å². The quantitative estimate of drug-likeness (QED) is 0.849. The third-order valence-corrected chi connectivity index (χ3v) is 3.25. The zero-order valence-corrected chi connectivity index (χ0v) is 10.3. The Balaban J connectivity index is 1.98. The van der Waals surface area contributed by atoms with Crippen LogP contribution in [0.2, 0.25) is 0 Å². The summed E-state index contributed by atoms with van der Waals surface area (Å²) in [5.41, 5.74) is 1.16. The van der Waals surface area contributed by atoms with Gasteiger partial charge in [0.1, 0.15) is 5.82 Å². The fourth-order valence-electron chi connectivity index (χ4n) is 2.39. The van der Waals surface area contributed by atoms with Crippen LogP contribution in [0.15, 0.2) is 24.3 Å². The second-order valence-corrected chi connectivity index (χ2v) is 4.55. The Bertz CT molecular complexity index is 333. The largest absolute Gasteiger partial charge is 0.377 e. The predicted octanol–water partition coefficient (Wildman–Crippen LogP) is 2.53. The van der Waals surface area contributed by atoms with Crippen LogP contribution in [0.3, 0.4) is 0 Å². The molecular weight excluding hydrogens is 217 g/mol. The maximum absolute atomic E-state index is 12.8. The third kappa shape index (κ3) is 3.51. The lowest BCUT2D eigenvalue weighted by Crippen LogP contribution is -2.41. The molecule has 2 nitrogen and oxygen atoms in total. The highest BCUT2D eigenvalue weighted by molar-refractivity contribution is 5.17. The van der Waals surface area contributed by atoms with Crippen LogP contribution in [-0.2, 0) is 11.2 Å². The van der Waals surface area contributed by atoms with Crippen molar-refractivity contribution in [3.8, 4) is 0 Å². The molecule has 1 aromatic rings. The van der Waals surface area contributed by atoms with Crippen LogP contribution in [0, 0.1) is 5.82 Å². The van der Waals surface area contributed by atoms with Crippen molar-refractivity contribution in [1.29, 1.82) is 0 Å². The molecule has 0 amide bonds. The number of hydrogen-bond acceptors (Lipinski definition) is 2. The summed E-state index contributed by atoms with van der Waals surface area (Å²) in [6, 6.07) is 7.10. The molecule has 0 radical (unpaired) electrons. The van der Waals surface area contributed by atoms with E-state index in [-0.39, 0.29) is 5.82 Å². The molecule has 2 rings (SSSR count). The van der Waals surface area contributed by atoms with Crippen LogP contribution in [0.1, 0.15) is 25.3 Å². The first kappa shape index (κ1) is 12.5. The highest BCUT2D eigenvalue weighted by Crippen LogP contribution is 2.18. The minimum Gasteiger partial charge on any atom is -0.377 e. The lowest BCUT2D eigenvalue weighted by molar-refractivity contribution is 0.0789. The molecule has 0 bridgehead atoms. The van der Waals surface area contributed by atoms with Gasteiger partial charge in [-0.2, -0.15) is 0 Å². The maximum atomic E-state index is 12.8. The zero-order valence-electron chi connectivity index (χ0n) is 10.3. The SMILES string of the molecule is CCNC(Cc1ccc(F)cc1)C1CCCO1. The lowest BCUT2D eigenvalue weighted by atomic mass is 9.99. The molecule has 2 unspecified atom stereocenters. The van der Waals surface area contributed by atoms with Crippen LogP contribution in [-0.4, -0.2) is 25.3 Å². The van der Waals surface area contributed by atoms with E-state index in [4.69, 9.17) is 4.74 Å². The zero-order chi connectivity index (χ0) is 12.1. The fraction of sp³-hybridized carbons (Fsp3) is 0.571. The van der Waals surface area contributed by atoms with Crippen molar-refractivity contribution in [2.75, 3.05) is 13.2 Å². The summed E-state index contributed by atoms with van der Waals surface area (Å²) in [7, 11) is 0. The third-order valence-electron chi connectivity index (χ3n) is 3.25. The van der Waals surface area contributed by atoms with E-state index < -0.39 is 0 Å². The lowest BCUT2D eigenvalue weighted by Gasteiger charge is -2.23. The minimum absolute atomic E-state index is 0.175. The molecule has 3 heteroatoms. The number of benzene rings is 1. The van der Waals surface area contributed by atoms with Crippen LogP contribution < -0.4 is 5.32 Å². The molecule has 1 saturated heterocycles.